The summed E-state index contributed by atoms with van der Waals surface area (Å²) in [4.78, 5) is 42.3. The molecule has 1 unspecified atom stereocenters. The van der Waals surface area contributed by atoms with Crippen molar-refractivity contribution in [2.45, 2.75) is 52.2 Å². The highest BCUT2D eigenvalue weighted by molar-refractivity contribution is 5.76. The van der Waals surface area contributed by atoms with Gasteiger partial charge in [-0.05, 0) is 38.3 Å². The predicted octanol–water partition coefficient (Wildman–Crippen LogP) is 0.159. The molecule has 2 saturated heterocycles. The third kappa shape index (κ3) is 6.64. The highest BCUT2D eigenvalue weighted by Crippen LogP contribution is 2.21. The summed E-state index contributed by atoms with van der Waals surface area (Å²) in [6, 6.07) is 0. The summed E-state index contributed by atoms with van der Waals surface area (Å²) in [7, 11) is 0. The van der Waals surface area contributed by atoms with Crippen LogP contribution in [0.2, 0.25) is 0 Å². The van der Waals surface area contributed by atoms with Crippen LogP contribution in [0.5, 0.6) is 0 Å². The van der Waals surface area contributed by atoms with Crippen molar-refractivity contribution < 1.29 is 14.3 Å². The first kappa shape index (κ1) is 23.5. The minimum atomic E-state index is -0.377. The van der Waals surface area contributed by atoms with Crippen molar-refractivity contribution in [1.29, 1.82) is 0 Å². The highest BCUT2D eigenvalue weighted by Gasteiger charge is 2.29. The third-order valence-corrected chi connectivity index (χ3v) is 6.49. The number of nitrogens with zero attached hydrogens (tertiary/aromatic N) is 5. The topological polar surface area (TPSA) is 104 Å². The summed E-state index contributed by atoms with van der Waals surface area (Å²) in [6.45, 7) is 10.5. The zero-order valence-corrected chi connectivity index (χ0v) is 18.8. The number of piperidine rings is 1. The fourth-order valence-electron chi connectivity index (χ4n) is 4.29. The number of likely N-dealkylation sites (tertiary alicyclic amines) is 2. The predicted molar refractivity (Wildman–Crippen MR) is 115 cm³/mol. The number of nitrogens with one attached hydrogen (secondary N) is 1. The molecule has 2 aliphatic rings. The molecule has 3 heterocycles. The van der Waals surface area contributed by atoms with Gasteiger partial charge >= 0.3 is 5.69 Å². The van der Waals surface area contributed by atoms with Crippen LogP contribution in [0.25, 0.3) is 0 Å². The van der Waals surface area contributed by atoms with Crippen molar-refractivity contribution in [1.82, 2.24) is 29.5 Å². The Kier molecular flexibility index (Phi) is 8.65. The van der Waals surface area contributed by atoms with E-state index in [2.05, 4.69) is 28.9 Å². The van der Waals surface area contributed by atoms with Gasteiger partial charge in [-0.3, -0.25) is 14.2 Å². The zero-order valence-electron chi connectivity index (χ0n) is 18.8. The Morgan fingerprint density at radius 3 is 2.48 bits per heavy atom. The summed E-state index contributed by atoms with van der Waals surface area (Å²) < 4.78 is 7.37. The number of carbonyl (C=O) groups is 2. The van der Waals surface area contributed by atoms with Gasteiger partial charge in [0.2, 0.25) is 11.8 Å². The van der Waals surface area contributed by atoms with Gasteiger partial charge in [0.25, 0.3) is 0 Å². The molecule has 0 aliphatic carbocycles. The molecule has 2 amide bonds. The van der Waals surface area contributed by atoms with E-state index in [4.69, 9.17) is 4.74 Å². The van der Waals surface area contributed by atoms with Gasteiger partial charge in [-0.25, -0.2) is 9.89 Å². The van der Waals surface area contributed by atoms with Gasteiger partial charge in [0, 0.05) is 45.8 Å². The molecule has 10 heteroatoms. The van der Waals surface area contributed by atoms with Gasteiger partial charge in [-0.2, -0.15) is 5.10 Å². The number of hydrogen-bond acceptors (Lipinski definition) is 6. The maximum atomic E-state index is 12.4. The smallest absolute Gasteiger partial charge is 0.343 e. The highest BCUT2D eigenvalue weighted by atomic mass is 16.5. The molecule has 2 fully saturated rings. The van der Waals surface area contributed by atoms with Crippen LogP contribution in [0.1, 0.15) is 39.5 Å². The molecular weight excluding hydrogens is 400 g/mol. The van der Waals surface area contributed by atoms with E-state index in [1.54, 1.807) is 4.90 Å². The van der Waals surface area contributed by atoms with Crippen LogP contribution in [0, 0.1) is 5.92 Å². The number of ether oxygens (including phenoxy) is 1. The summed E-state index contributed by atoms with van der Waals surface area (Å²) >= 11 is 0. The minimum absolute atomic E-state index is 0.00279. The van der Waals surface area contributed by atoms with E-state index in [0.717, 1.165) is 52.0 Å². The summed E-state index contributed by atoms with van der Waals surface area (Å²) in [6.07, 6.45) is 4.73. The van der Waals surface area contributed by atoms with Crippen molar-refractivity contribution in [2.24, 2.45) is 5.92 Å². The fourth-order valence-corrected chi connectivity index (χ4v) is 4.29. The van der Waals surface area contributed by atoms with Gasteiger partial charge in [-0.15, -0.1) is 0 Å². The standard InChI is InChI=1S/C21H36N6O4/c1-3-24(4-2)9-8-19(28)25-10-5-17(6-11-25)15-31-18-7-12-26(13-18)20(29)14-27-16-22-23-21(27)30/h16-18H,3-15H2,1-2H3,(H,23,30). The second-order valence-corrected chi connectivity index (χ2v) is 8.47. The first-order valence-corrected chi connectivity index (χ1v) is 11.5. The lowest BCUT2D eigenvalue weighted by molar-refractivity contribution is -0.133. The molecule has 1 aromatic heterocycles. The van der Waals surface area contributed by atoms with Gasteiger partial charge in [0.15, 0.2) is 0 Å². The second kappa shape index (κ2) is 11.4. The van der Waals surface area contributed by atoms with Crippen molar-refractivity contribution in [2.75, 3.05) is 52.4 Å². The van der Waals surface area contributed by atoms with Crippen molar-refractivity contribution in [3.8, 4) is 0 Å². The molecule has 1 N–H and O–H groups in total. The Labute approximate surface area is 183 Å². The fraction of sp³-hybridized carbons (Fsp3) is 0.810. The summed E-state index contributed by atoms with van der Waals surface area (Å²) in [5.41, 5.74) is -0.377. The molecule has 31 heavy (non-hydrogen) atoms. The lowest BCUT2D eigenvalue weighted by atomic mass is 9.97. The first-order valence-electron chi connectivity index (χ1n) is 11.5. The molecule has 1 atom stereocenters. The number of amides is 2. The first-order chi connectivity index (χ1) is 15.0. The molecule has 0 bridgehead atoms. The van der Waals surface area contributed by atoms with E-state index in [-0.39, 0.29) is 30.2 Å². The van der Waals surface area contributed by atoms with E-state index in [0.29, 0.717) is 32.0 Å². The third-order valence-electron chi connectivity index (χ3n) is 6.49. The lowest BCUT2D eigenvalue weighted by Crippen LogP contribution is -2.41. The average molecular weight is 437 g/mol. The summed E-state index contributed by atoms with van der Waals surface area (Å²) in [5.74, 6) is 0.625. The van der Waals surface area contributed by atoms with Gasteiger partial charge in [-0.1, -0.05) is 13.8 Å². The maximum absolute atomic E-state index is 12.4. The minimum Gasteiger partial charge on any atom is -0.376 e. The molecule has 174 valence electrons. The molecule has 0 aromatic carbocycles. The van der Waals surface area contributed by atoms with E-state index in [1.807, 2.05) is 4.90 Å². The molecule has 1 aromatic rings. The SMILES string of the molecule is CCN(CC)CCC(=O)N1CCC(COC2CCN(C(=O)Cn3cn[nH]c3=O)C2)CC1. The Morgan fingerprint density at radius 1 is 1.13 bits per heavy atom. The Hall–Kier alpha value is -2.20. The van der Waals surface area contributed by atoms with Gasteiger partial charge < -0.3 is 19.4 Å². The molecule has 2 aliphatic heterocycles. The largest absolute Gasteiger partial charge is 0.376 e. The zero-order chi connectivity index (χ0) is 22.2. The number of H-pyrrole nitrogens is 1. The number of aromatic nitrogens is 3. The quantitative estimate of drug-likeness (QED) is 0.560. The van der Waals surface area contributed by atoms with Crippen LogP contribution < -0.4 is 5.69 Å². The number of hydrogen-bond donors (Lipinski definition) is 1. The lowest BCUT2D eigenvalue weighted by Gasteiger charge is -2.33. The van der Waals surface area contributed by atoms with E-state index >= 15 is 0 Å². The average Bonchev–Trinajstić information content (AvgIpc) is 3.42. The maximum Gasteiger partial charge on any atom is 0.343 e. The summed E-state index contributed by atoms with van der Waals surface area (Å²) in [5, 5.41) is 5.94. The van der Waals surface area contributed by atoms with E-state index < -0.39 is 0 Å². The molecule has 0 saturated carbocycles. The van der Waals surface area contributed by atoms with Crippen LogP contribution in [0.4, 0.5) is 0 Å². The van der Waals surface area contributed by atoms with E-state index in [9.17, 15) is 14.4 Å². The van der Waals surface area contributed by atoms with Crippen LogP contribution in [-0.2, 0) is 20.9 Å². The molecule has 10 nitrogen and oxygen atoms in total. The monoisotopic (exact) mass is 436 g/mol. The number of carbonyl (C=O) groups excluding carboxylic acids is 2. The Bertz CT molecular complexity index is 766. The molecule has 3 rings (SSSR count). The van der Waals surface area contributed by atoms with Crippen LogP contribution in [-0.4, -0.2) is 99.8 Å². The Balaban J connectivity index is 1.32. The van der Waals surface area contributed by atoms with Crippen molar-refractivity contribution in [3.05, 3.63) is 16.8 Å². The molecule has 0 spiro atoms. The van der Waals surface area contributed by atoms with Crippen LogP contribution >= 0.6 is 0 Å². The van der Waals surface area contributed by atoms with Crippen LogP contribution in [0.3, 0.4) is 0 Å². The van der Waals surface area contributed by atoms with Gasteiger partial charge in [0.1, 0.15) is 12.9 Å². The Morgan fingerprint density at radius 2 is 1.84 bits per heavy atom. The van der Waals surface area contributed by atoms with E-state index in [1.165, 1.54) is 10.9 Å². The van der Waals surface area contributed by atoms with Crippen molar-refractivity contribution >= 4 is 11.8 Å². The molecular formula is C21H36N6O4. The molecule has 0 radical (unpaired) electrons. The number of rotatable bonds is 10. The number of aromatic amines is 1. The normalized spacial score (nSPS) is 20.0. The van der Waals surface area contributed by atoms with Crippen molar-refractivity contribution in [3.63, 3.8) is 0 Å². The van der Waals surface area contributed by atoms with Gasteiger partial charge in [0.05, 0.1) is 6.10 Å². The van der Waals surface area contributed by atoms with Crippen LogP contribution in [0.15, 0.2) is 11.1 Å². The second-order valence-electron chi connectivity index (χ2n) is 8.47.